The maximum absolute atomic E-state index is 14.8. The molecule has 0 bridgehead atoms. The number of alkyl halides is 11. The van der Waals surface area contributed by atoms with E-state index >= 15 is 0 Å². The topological polar surface area (TPSA) is 46.5 Å². The minimum absolute atomic E-state index is 0.0888. The molecule has 1 aliphatic carbocycles. The van der Waals surface area contributed by atoms with E-state index in [-0.39, 0.29) is 6.92 Å². The Labute approximate surface area is 169 Å². The van der Waals surface area contributed by atoms with Crippen LogP contribution in [0.15, 0.2) is 0 Å². The van der Waals surface area contributed by atoms with Crippen LogP contribution in [-0.4, -0.2) is 53.2 Å². The van der Waals surface area contributed by atoms with Gasteiger partial charge in [-0.1, -0.05) is 13.8 Å². The van der Waals surface area contributed by atoms with Crippen LogP contribution >= 0.6 is 0 Å². The highest BCUT2D eigenvalue weighted by atomic mass is 19.4. The van der Waals surface area contributed by atoms with Crippen LogP contribution in [0.4, 0.5) is 48.3 Å². The molecule has 184 valence electrons. The Morgan fingerprint density at radius 2 is 1.52 bits per heavy atom. The highest BCUT2D eigenvalue weighted by Gasteiger charge is 2.79. The highest BCUT2D eigenvalue weighted by molar-refractivity contribution is 5.75. The van der Waals surface area contributed by atoms with Crippen molar-refractivity contribution in [3.05, 3.63) is 0 Å². The molecule has 0 amide bonds. The van der Waals surface area contributed by atoms with Crippen LogP contribution in [0.3, 0.4) is 0 Å². The fourth-order valence-electron chi connectivity index (χ4n) is 3.74. The molecule has 1 aliphatic rings. The van der Waals surface area contributed by atoms with Gasteiger partial charge in [-0.2, -0.15) is 26.3 Å². The SMILES string of the molecule is CCC1CC(C(=O)OCC(C)CC(O)(C(F)(F)F)C(F)(F)F)C(F)(F)C1(F)C(C)(F)F. The molecule has 31 heavy (non-hydrogen) atoms. The van der Waals surface area contributed by atoms with Crippen LogP contribution in [0.5, 0.6) is 0 Å². The fraction of sp³-hybridized carbons (Fsp3) is 0.941. The van der Waals surface area contributed by atoms with E-state index in [9.17, 15) is 53.1 Å². The van der Waals surface area contributed by atoms with E-state index in [2.05, 4.69) is 4.74 Å². The number of aliphatic hydroxyl groups is 1. The molecule has 1 fully saturated rings. The lowest BCUT2D eigenvalue weighted by atomic mass is 9.83. The molecule has 1 N–H and O–H groups in total. The van der Waals surface area contributed by atoms with Gasteiger partial charge in [0, 0.05) is 19.3 Å². The standard InChI is InChI=1S/C17H21F11O3/c1-4-9-5-10(15(21,22)14(9,20)12(3,18)19)11(29)31-7-8(2)6-13(30,16(23,24)25)17(26,27)28/h8-10,30H,4-7H2,1-3H3. The van der Waals surface area contributed by atoms with E-state index in [0.29, 0.717) is 6.92 Å². The van der Waals surface area contributed by atoms with Crippen molar-refractivity contribution >= 4 is 5.97 Å². The first kappa shape index (κ1) is 27.7. The third-order valence-electron chi connectivity index (χ3n) is 5.51. The van der Waals surface area contributed by atoms with E-state index in [1.807, 2.05) is 0 Å². The molecule has 0 spiro atoms. The van der Waals surface area contributed by atoms with E-state index in [1.165, 1.54) is 0 Å². The molecule has 0 saturated heterocycles. The summed E-state index contributed by atoms with van der Waals surface area (Å²) in [6, 6.07) is 0. The Bertz CT molecular complexity index is 639. The Balaban J connectivity index is 2.98. The van der Waals surface area contributed by atoms with Crippen LogP contribution in [0, 0.1) is 17.8 Å². The van der Waals surface area contributed by atoms with Crippen molar-refractivity contribution in [1.82, 2.24) is 0 Å². The van der Waals surface area contributed by atoms with Crippen LogP contribution in [0.25, 0.3) is 0 Å². The van der Waals surface area contributed by atoms with E-state index in [0.717, 1.165) is 6.92 Å². The first-order valence-electron chi connectivity index (χ1n) is 9.04. The Hall–Kier alpha value is -1.34. The molecule has 14 heteroatoms. The molecule has 0 radical (unpaired) electrons. The summed E-state index contributed by atoms with van der Waals surface area (Å²) >= 11 is 0. The van der Waals surface area contributed by atoms with Crippen molar-refractivity contribution in [2.45, 2.75) is 75.5 Å². The minimum atomic E-state index is -6.14. The molecule has 4 atom stereocenters. The van der Waals surface area contributed by atoms with E-state index in [1.54, 1.807) is 0 Å². The summed E-state index contributed by atoms with van der Waals surface area (Å²) in [5.74, 6) is -17.9. The third kappa shape index (κ3) is 4.58. The Kier molecular flexibility index (Phi) is 7.34. The monoisotopic (exact) mass is 482 g/mol. The van der Waals surface area contributed by atoms with Crippen LogP contribution in [0.1, 0.15) is 40.0 Å². The predicted molar refractivity (Wildman–Crippen MR) is 83.1 cm³/mol. The second-order valence-electron chi connectivity index (χ2n) is 7.91. The number of rotatable bonds is 7. The lowest BCUT2D eigenvalue weighted by molar-refractivity contribution is -0.372. The van der Waals surface area contributed by atoms with Crippen LogP contribution < -0.4 is 0 Å². The number of hydrogen-bond donors (Lipinski definition) is 1. The van der Waals surface area contributed by atoms with Gasteiger partial charge in [0.2, 0.25) is 5.67 Å². The van der Waals surface area contributed by atoms with Crippen molar-refractivity contribution in [3.63, 3.8) is 0 Å². The van der Waals surface area contributed by atoms with Gasteiger partial charge in [-0.05, 0) is 18.8 Å². The summed E-state index contributed by atoms with van der Waals surface area (Å²) in [5, 5.41) is 9.10. The molecule has 0 heterocycles. The van der Waals surface area contributed by atoms with Crippen molar-refractivity contribution in [2.24, 2.45) is 17.8 Å². The summed E-state index contributed by atoms with van der Waals surface area (Å²) in [4.78, 5) is 12.0. The summed E-state index contributed by atoms with van der Waals surface area (Å²) in [7, 11) is 0. The quantitative estimate of drug-likeness (QED) is 0.388. The van der Waals surface area contributed by atoms with Crippen molar-refractivity contribution < 1.29 is 62.9 Å². The van der Waals surface area contributed by atoms with E-state index in [4.69, 9.17) is 5.11 Å². The number of esters is 1. The molecule has 0 aromatic rings. The zero-order chi connectivity index (χ0) is 24.8. The van der Waals surface area contributed by atoms with E-state index < -0.39 is 85.1 Å². The van der Waals surface area contributed by atoms with Gasteiger partial charge in [0.1, 0.15) is 5.92 Å². The number of carbonyl (C=O) groups excluding carboxylic acids is 1. The summed E-state index contributed by atoms with van der Waals surface area (Å²) < 4.78 is 151. The maximum atomic E-state index is 14.8. The molecule has 0 aliphatic heterocycles. The molecule has 3 nitrogen and oxygen atoms in total. The molecular weight excluding hydrogens is 461 g/mol. The number of carbonyl (C=O) groups is 1. The zero-order valence-electron chi connectivity index (χ0n) is 16.5. The Morgan fingerprint density at radius 3 is 1.84 bits per heavy atom. The fourth-order valence-corrected chi connectivity index (χ4v) is 3.74. The smallest absolute Gasteiger partial charge is 0.426 e. The first-order valence-corrected chi connectivity index (χ1v) is 9.04. The lowest BCUT2D eigenvalue weighted by Gasteiger charge is -2.37. The molecule has 0 aromatic carbocycles. The zero-order valence-corrected chi connectivity index (χ0v) is 16.5. The lowest BCUT2D eigenvalue weighted by Crippen LogP contribution is -2.58. The molecular formula is C17H21F11O3. The Morgan fingerprint density at radius 1 is 1.06 bits per heavy atom. The summed E-state index contributed by atoms with van der Waals surface area (Å²) in [5.41, 5.74) is -9.56. The molecule has 4 unspecified atom stereocenters. The van der Waals surface area contributed by atoms with Gasteiger partial charge >= 0.3 is 24.2 Å². The molecule has 1 rings (SSSR count). The highest BCUT2D eigenvalue weighted by Crippen LogP contribution is 2.61. The second kappa shape index (κ2) is 8.22. The maximum Gasteiger partial charge on any atom is 0.426 e. The predicted octanol–water partition coefficient (Wildman–Crippen LogP) is 5.46. The summed E-state index contributed by atoms with van der Waals surface area (Å²) in [6.45, 7) is 0.468. The van der Waals surface area contributed by atoms with Gasteiger partial charge in [0.25, 0.3) is 11.5 Å². The third-order valence-corrected chi connectivity index (χ3v) is 5.51. The van der Waals surface area contributed by atoms with Crippen molar-refractivity contribution in [1.29, 1.82) is 0 Å². The summed E-state index contributed by atoms with van der Waals surface area (Å²) in [6.07, 6.45) is -15.9. The van der Waals surface area contributed by atoms with Crippen LogP contribution in [-0.2, 0) is 9.53 Å². The van der Waals surface area contributed by atoms with Gasteiger partial charge in [-0.3, -0.25) is 4.79 Å². The van der Waals surface area contributed by atoms with Crippen molar-refractivity contribution in [2.75, 3.05) is 6.61 Å². The average molecular weight is 482 g/mol. The second-order valence-corrected chi connectivity index (χ2v) is 7.91. The van der Waals surface area contributed by atoms with Gasteiger partial charge in [-0.25, -0.2) is 22.0 Å². The number of halogens is 11. The number of ether oxygens (including phenoxy) is 1. The minimum Gasteiger partial charge on any atom is -0.465 e. The first-order chi connectivity index (χ1) is 13.6. The average Bonchev–Trinajstić information content (AvgIpc) is 2.77. The molecule has 0 aromatic heterocycles. The van der Waals surface area contributed by atoms with Gasteiger partial charge < -0.3 is 9.84 Å². The molecule has 1 saturated carbocycles. The van der Waals surface area contributed by atoms with Gasteiger partial charge in [0.05, 0.1) is 6.61 Å². The van der Waals surface area contributed by atoms with Gasteiger partial charge in [0.15, 0.2) is 0 Å². The largest absolute Gasteiger partial charge is 0.465 e. The van der Waals surface area contributed by atoms with Gasteiger partial charge in [-0.15, -0.1) is 0 Å². The van der Waals surface area contributed by atoms with Crippen molar-refractivity contribution in [3.8, 4) is 0 Å². The normalized spacial score (nSPS) is 28.5. The van der Waals surface area contributed by atoms with Crippen LogP contribution in [0.2, 0.25) is 0 Å². The number of hydrogen-bond acceptors (Lipinski definition) is 3.